The van der Waals surface area contributed by atoms with E-state index in [1.165, 1.54) is 31.0 Å². The second kappa shape index (κ2) is 5.12. The molecule has 0 spiro atoms. The van der Waals surface area contributed by atoms with Gasteiger partial charge in [0.25, 0.3) is 5.91 Å². The number of carboxylic acid groups (broad SMARTS) is 1. The molecule has 0 bridgehead atoms. The first kappa shape index (κ1) is 14.1. The second-order valence-corrected chi connectivity index (χ2v) is 4.28. The largest absolute Gasteiger partial charge is 0.480 e. The summed E-state index contributed by atoms with van der Waals surface area (Å²) in [7, 11) is 0. The molecule has 0 aliphatic carbocycles. The number of carboxylic acids is 1. The van der Waals surface area contributed by atoms with Crippen molar-refractivity contribution < 1.29 is 19.1 Å². The number of nitrogens with zero attached hydrogens (tertiary/aromatic N) is 2. The number of amides is 1. The number of aliphatic carboxylic acids is 1. The van der Waals surface area contributed by atoms with Gasteiger partial charge in [0, 0.05) is 24.4 Å². The molecular formula is C12H15FN2O3. The smallest absolute Gasteiger partial charge is 0.329 e. The Morgan fingerprint density at radius 1 is 1.50 bits per heavy atom. The minimum Gasteiger partial charge on any atom is -0.480 e. The second-order valence-electron chi connectivity index (χ2n) is 4.28. The molecule has 98 valence electrons. The predicted molar refractivity (Wildman–Crippen MR) is 62.6 cm³/mol. The van der Waals surface area contributed by atoms with Gasteiger partial charge in [-0.15, -0.1) is 0 Å². The topological polar surface area (TPSA) is 70.5 Å². The van der Waals surface area contributed by atoms with E-state index in [-0.39, 0.29) is 12.1 Å². The molecule has 5 nitrogen and oxygen atoms in total. The Hall–Kier alpha value is -1.98. The van der Waals surface area contributed by atoms with Gasteiger partial charge in [-0.25, -0.2) is 9.78 Å². The normalized spacial score (nSPS) is 11.1. The van der Waals surface area contributed by atoms with Gasteiger partial charge in [0.15, 0.2) is 0 Å². The number of pyridine rings is 1. The molecule has 0 radical (unpaired) electrons. The molecule has 0 aliphatic heterocycles. The highest BCUT2D eigenvalue weighted by atomic mass is 19.1. The van der Waals surface area contributed by atoms with Crippen molar-refractivity contribution in [1.82, 2.24) is 9.88 Å². The predicted octanol–water partition coefficient (Wildman–Crippen LogP) is 1.55. The maximum absolute atomic E-state index is 13.0. The molecule has 0 aliphatic rings. The summed E-state index contributed by atoms with van der Waals surface area (Å²) in [5.41, 5.74) is -1.27. The van der Waals surface area contributed by atoms with Crippen LogP contribution in [0.25, 0.3) is 0 Å². The van der Waals surface area contributed by atoms with E-state index in [2.05, 4.69) is 4.98 Å². The number of likely N-dealkylation sites (N-methyl/N-ethyl adjacent to an activating group) is 1. The zero-order valence-electron chi connectivity index (χ0n) is 10.5. The zero-order valence-corrected chi connectivity index (χ0v) is 10.5. The molecule has 1 heterocycles. The van der Waals surface area contributed by atoms with Gasteiger partial charge in [-0.2, -0.15) is 4.39 Å². The van der Waals surface area contributed by atoms with E-state index in [0.717, 1.165) is 6.07 Å². The molecular weight excluding hydrogens is 239 g/mol. The summed E-state index contributed by atoms with van der Waals surface area (Å²) in [6.45, 7) is 4.73. The summed E-state index contributed by atoms with van der Waals surface area (Å²) in [6.07, 6.45) is 1.17. The fraction of sp³-hybridized carbons (Fsp3) is 0.417. The van der Waals surface area contributed by atoms with Crippen LogP contribution < -0.4 is 0 Å². The van der Waals surface area contributed by atoms with Gasteiger partial charge in [-0.3, -0.25) is 4.79 Å². The van der Waals surface area contributed by atoms with Crippen molar-refractivity contribution in [3.63, 3.8) is 0 Å². The Kier molecular flexibility index (Phi) is 4.00. The van der Waals surface area contributed by atoms with Crippen LogP contribution in [-0.2, 0) is 4.79 Å². The summed E-state index contributed by atoms with van der Waals surface area (Å²) in [4.78, 5) is 27.8. The van der Waals surface area contributed by atoms with E-state index in [1.54, 1.807) is 6.92 Å². The van der Waals surface area contributed by atoms with E-state index >= 15 is 0 Å². The summed E-state index contributed by atoms with van der Waals surface area (Å²) in [5, 5.41) is 9.11. The zero-order chi connectivity index (χ0) is 13.9. The third-order valence-corrected chi connectivity index (χ3v) is 2.73. The third-order valence-electron chi connectivity index (χ3n) is 2.73. The van der Waals surface area contributed by atoms with E-state index in [9.17, 15) is 14.0 Å². The monoisotopic (exact) mass is 254 g/mol. The maximum atomic E-state index is 13.0. The van der Waals surface area contributed by atoms with Gasteiger partial charge in [0.1, 0.15) is 5.54 Å². The van der Waals surface area contributed by atoms with Crippen LogP contribution in [0.1, 0.15) is 31.1 Å². The van der Waals surface area contributed by atoms with Gasteiger partial charge in [-0.05, 0) is 26.8 Å². The molecule has 0 atom stereocenters. The van der Waals surface area contributed by atoms with Crippen LogP contribution in [0.3, 0.4) is 0 Å². The maximum Gasteiger partial charge on any atom is 0.329 e. The Morgan fingerprint density at radius 2 is 2.11 bits per heavy atom. The number of hydrogen-bond donors (Lipinski definition) is 1. The van der Waals surface area contributed by atoms with Crippen molar-refractivity contribution in [2.45, 2.75) is 26.3 Å². The molecule has 1 aromatic heterocycles. The van der Waals surface area contributed by atoms with Crippen LogP contribution in [0.5, 0.6) is 0 Å². The number of rotatable bonds is 4. The average molecular weight is 254 g/mol. The fourth-order valence-electron chi connectivity index (χ4n) is 1.60. The van der Waals surface area contributed by atoms with Crippen LogP contribution in [-0.4, -0.2) is 39.0 Å². The lowest BCUT2D eigenvalue weighted by atomic mass is 10.0. The SMILES string of the molecule is CCN(C(=O)c1ccnc(F)c1)C(C)(C)C(=O)O. The van der Waals surface area contributed by atoms with Crippen molar-refractivity contribution in [1.29, 1.82) is 0 Å². The number of aromatic nitrogens is 1. The first-order valence-electron chi connectivity index (χ1n) is 5.47. The van der Waals surface area contributed by atoms with Crippen molar-refractivity contribution in [3.8, 4) is 0 Å². The highest BCUT2D eigenvalue weighted by Crippen LogP contribution is 2.18. The summed E-state index contributed by atoms with van der Waals surface area (Å²) in [5.74, 6) is -2.43. The molecule has 0 unspecified atom stereocenters. The lowest BCUT2D eigenvalue weighted by Gasteiger charge is -2.34. The summed E-state index contributed by atoms with van der Waals surface area (Å²) < 4.78 is 13.0. The first-order chi connectivity index (χ1) is 8.30. The molecule has 0 saturated heterocycles. The average Bonchev–Trinajstić information content (AvgIpc) is 2.29. The summed E-state index contributed by atoms with van der Waals surface area (Å²) in [6, 6.07) is 2.34. The third kappa shape index (κ3) is 2.64. The Labute approximate surface area is 104 Å². The molecule has 1 amide bonds. The number of carbonyl (C=O) groups excluding carboxylic acids is 1. The van der Waals surface area contributed by atoms with Crippen molar-refractivity contribution >= 4 is 11.9 Å². The van der Waals surface area contributed by atoms with Gasteiger partial charge in [0.05, 0.1) is 0 Å². The molecule has 1 N–H and O–H groups in total. The lowest BCUT2D eigenvalue weighted by molar-refractivity contribution is -0.147. The first-order valence-corrected chi connectivity index (χ1v) is 5.47. The molecule has 1 aromatic rings. The van der Waals surface area contributed by atoms with Crippen LogP contribution in [0.15, 0.2) is 18.3 Å². The van der Waals surface area contributed by atoms with Crippen molar-refractivity contribution in [3.05, 3.63) is 29.8 Å². The molecule has 1 rings (SSSR count). The highest BCUT2D eigenvalue weighted by molar-refractivity contribution is 5.97. The standard InChI is InChI=1S/C12H15FN2O3/c1-4-15(12(2,3)11(17)18)10(16)8-5-6-14-9(13)7-8/h5-7H,4H2,1-3H3,(H,17,18). The van der Waals surface area contributed by atoms with Gasteiger partial charge >= 0.3 is 5.97 Å². The number of hydrogen-bond acceptors (Lipinski definition) is 3. The Bertz CT molecular complexity index is 474. The van der Waals surface area contributed by atoms with Gasteiger partial charge in [0.2, 0.25) is 5.95 Å². The van der Waals surface area contributed by atoms with E-state index < -0.39 is 23.4 Å². The Morgan fingerprint density at radius 3 is 2.56 bits per heavy atom. The summed E-state index contributed by atoms with van der Waals surface area (Å²) >= 11 is 0. The van der Waals surface area contributed by atoms with E-state index in [1.807, 2.05) is 0 Å². The van der Waals surface area contributed by atoms with Crippen LogP contribution >= 0.6 is 0 Å². The van der Waals surface area contributed by atoms with Gasteiger partial charge < -0.3 is 10.0 Å². The number of halogens is 1. The molecule has 0 saturated carbocycles. The lowest BCUT2D eigenvalue weighted by Crippen LogP contribution is -2.52. The Balaban J connectivity index is 3.11. The van der Waals surface area contributed by atoms with E-state index in [0.29, 0.717) is 0 Å². The molecule has 6 heteroatoms. The van der Waals surface area contributed by atoms with E-state index in [4.69, 9.17) is 5.11 Å². The highest BCUT2D eigenvalue weighted by Gasteiger charge is 2.37. The van der Waals surface area contributed by atoms with Crippen molar-refractivity contribution in [2.75, 3.05) is 6.54 Å². The van der Waals surface area contributed by atoms with Crippen LogP contribution in [0, 0.1) is 5.95 Å². The molecule has 0 aromatic carbocycles. The van der Waals surface area contributed by atoms with Crippen LogP contribution in [0.2, 0.25) is 0 Å². The molecule has 18 heavy (non-hydrogen) atoms. The fourth-order valence-corrected chi connectivity index (χ4v) is 1.60. The minimum atomic E-state index is -1.36. The van der Waals surface area contributed by atoms with Crippen molar-refractivity contribution in [2.24, 2.45) is 0 Å². The molecule has 0 fully saturated rings. The van der Waals surface area contributed by atoms with Gasteiger partial charge in [-0.1, -0.05) is 0 Å². The minimum absolute atomic E-state index is 0.0821. The van der Waals surface area contributed by atoms with Crippen LogP contribution in [0.4, 0.5) is 4.39 Å². The quantitative estimate of drug-likeness (QED) is 0.827. The number of carbonyl (C=O) groups is 2.